The summed E-state index contributed by atoms with van der Waals surface area (Å²) in [6.45, 7) is 4.46. The summed E-state index contributed by atoms with van der Waals surface area (Å²) in [5.74, 6) is 0.273. The topological polar surface area (TPSA) is 69.9 Å². The maximum Gasteiger partial charge on any atom is 0.338 e. The summed E-state index contributed by atoms with van der Waals surface area (Å²) in [4.78, 5) is 31.3. The van der Waals surface area contributed by atoms with E-state index in [4.69, 9.17) is 9.47 Å². The number of hydrogen-bond acceptors (Lipinski definition) is 6. The average molecular weight is 449 g/mol. The van der Waals surface area contributed by atoms with Gasteiger partial charge in [-0.3, -0.25) is 9.36 Å². The van der Waals surface area contributed by atoms with E-state index in [1.165, 1.54) is 18.4 Å². The Balaban J connectivity index is 1.88. The molecule has 1 aliphatic rings. The fraction of sp³-hybridized carbons (Fsp3) is 0.240. The van der Waals surface area contributed by atoms with Crippen molar-refractivity contribution in [3.05, 3.63) is 96.7 Å². The van der Waals surface area contributed by atoms with Gasteiger partial charge in [-0.05, 0) is 42.7 Å². The lowest BCUT2D eigenvalue weighted by Crippen LogP contribution is -2.39. The molecule has 0 amide bonds. The Morgan fingerprint density at radius 1 is 1.19 bits per heavy atom. The van der Waals surface area contributed by atoms with Crippen LogP contribution in [0.2, 0.25) is 0 Å². The first-order valence-corrected chi connectivity index (χ1v) is 11.2. The van der Waals surface area contributed by atoms with Crippen molar-refractivity contribution in [2.24, 2.45) is 4.99 Å². The number of ether oxygens (including phenoxy) is 2. The molecule has 4 rings (SSSR count). The average Bonchev–Trinajstić information content (AvgIpc) is 3.11. The summed E-state index contributed by atoms with van der Waals surface area (Å²) in [5.41, 5.74) is 2.41. The van der Waals surface area contributed by atoms with Crippen LogP contribution in [-0.4, -0.2) is 24.3 Å². The standard InChI is InChI=1S/C25H24N2O4S/c1-4-13-31-19-12-8-9-17(14-19)15-20-23(28)27-22(18-10-6-5-7-11-18)21(24(29)30-3)16(2)26-25(27)32-20/h5-12,14-15,22H,4,13H2,1-3H3/b20-15-. The summed E-state index contributed by atoms with van der Waals surface area (Å²) < 4.78 is 12.9. The van der Waals surface area contributed by atoms with Crippen LogP contribution in [0, 0.1) is 0 Å². The first kappa shape index (κ1) is 21.8. The van der Waals surface area contributed by atoms with Crippen molar-refractivity contribution in [2.45, 2.75) is 26.3 Å². The highest BCUT2D eigenvalue weighted by Crippen LogP contribution is 2.30. The van der Waals surface area contributed by atoms with Crippen LogP contribution in [0.5, 0.6) is 5.75 Å². The second-order valence-corrected chi connectivity index (χ2v) is 8.41. The lowest BCUT2D eigenvalue weighted by Gasteiger charge is -2.24. The van der Waals surface area contributed by atoms with Crippen LogP contribution < -0.4 is 19.6 Å². The van der Waals surface area contributed by atoms with Gasteiger partial charge in [-0.2, -0.15) is 0 Å². The van der Waals surface area contributed by atoms with Gasteiger partial charge in [-0.1, -0.05) is 60.7 Å². The number of aromatic nitrogens is 1. The summed E-state index contributed by atoms with van der Waals surface area (Å²) >= 11 is 1.31. The molecule has 0 fully saturated rings. The van der Waals surface area contributed by atoms with Crippen molar-refractivity contribution in [3.8, 4) is 5.75 Å². The van der Waals surface area contributed by atoms with Gasteiger partial charge in [0.05, 0.1) is 35.6 Å². The smallest absolute Gasteiger partial charge is 0.338 e. The minimum Gasteiger partial charge on any atom is -0.494 e. The van der Waals surface area contributed by atoms with Gasteiger partial charge in [0.25, 0.3) is 5.56 Å². The summed E-state index contributed by atoms with van der Waals surface area (Å²) in [6.07, 6.45) is 2.76. The summed E-state index contributed by atoms with van der Waals surface area (Å²) in [5, 5.41) is 0. The van der Waals surface area contributed by atoms with E-state index in [0.717, 1.165) is 23.3 Å². The number of allylic oxidation sites excluding steroid dienone is 1. The minimum absolute atomic E-state index is 0.198. The Morgan fingerprint density at radius 3 is 2.69 bits per heavy atom. The van der Waals surface area contributed by atoms with Gasteiger partial charge in [0, 0.05) is 0 Å². The molecular weight excluding hydrogens is 424 g/mol. The number of benzene rings is 2. The normalized spacial score (nSPS) is 15.8. The first-order valence-electron chi connectivity index (χ1n) is 10.4. The monoisotopic (exact) mass is 448 g/mol. The lowest BCUT2D eigenvalue weighted by molar-refractivity contribution is -0.136. The SMILES string of the molecule is CCCOc1cccc(/C=c2\sc3n(c2=O)C(c2ccccc2)C(C(=O)OC)=C(C)N=3)c1. The van der Waals surface area contributed by atoms with Gasteiger partial charge >= 0.3 is 5.97 Å². The maximum absolute atomic E-state index is 13.5. The summed E-state index contributed by atoms with van der Waals surface area (Å²) in [6, 6.07) is 16.5. The Morgan fingerprint density at radius 2 is 1.97 bits per heavy atom. The van der Waals surface area contributed by atoms with Crippen LogP contribution in [0.25, 0.3) is 6.08 Å². The first-order chi connectivity index (χ1) is 15.5. The van der Waals surface area contributed by atoms with Crippen molar-refractivity contribution in [3.63, 3.8) is 0 Å². The molecule has 1 aliphatic heterocycles. The number of carbonyl (C=O) groups is 1. The van der Waals surface area contributed by atoms with E-state index in [9.17, 15) is 9.59 Å². The Hall–Kier alpha value is -3.45. The third-order valence-corrected chi connectivity index (χ3v) is 6.15. The Bertz CT molecular complexity index is 1350. The van der Waals surface area contributed by atoms with Gasteiger partial charge in [-0.15, -0.1) is 0 Å². The quantitative estimate of drug-likeness (QED) is 0.543. The van der Waals surface area contributed by atoms with E-state index in [-0.39, 0.29) is 5.56 Å². The van der Waals surface area contributed by atoms with E-state index in [2.05, 4.69) is 11.9 Å². The van der Waals surface area contributed by atoms with Crippen molar-refractivity contribution >= 4 is 23.4 Å². The van der Waals surface area contributed by atoms with Crippen LogP contribution in [0.4, 0.5) is 0 Å². The molecule has 0 N–H and O–H groups in total. The molecule has 0 aliphatic carbocycles. The molecule has 0 saturated heterocycles. The molecule has 1 unspecified atom stereocenters. The second kappa shape index (κ2) is 9.36. The molecule has 0 bridgehead atoms. The highest BCUT2D eigenvalue weighted by Gasteiger charge is 2.32. The van der Waals surface area contributed by atoms with Crippen LogP contribution in [0.3, 0.4) is 0 Å². The number of nitrogens with zero attached hydrogens (tertiary/aromatic N) is 2. The van der Waals surface area contributed by atoms with Crippen LogP contribution >= 0.6 is 11.3 Å². The molecule has 0 radical (unpaired) electrons. The number of thiazole rings is 1. The predicted molar refractivity (Wildman–Crippen MR) is 124 cm³/mol. The molecule has 2 heterocycles. The molecule has 0 saturated carbocycles. The number of fused-ring (bicyclic) bond motifs is 1. The summed E-state index contributed by atoms with van der Waals surface area (Å²) in [7, 11) is 1.34. The van der Waals surface area contributed by atoms with E-state index < -0.39 is 12.0 Å². The predicted octanol–water partition coefficient (Wildman–Crippen LogP) is 3.20. The third kappa shape index (κ3) is 4.16. The zero-order valence-corrected chi connectivity index (χ0v) is 19.0. The molecule has 6 nitrogen and oxygen atoms in total. The fourth-order valence-corrected chi connectivity index (χ4v) is 4.76. The molecule has 32 heavy (non-hydrogen) atoms. The van der Waals surface area contributed by atoms with Gasteiger partial charge in [0.1, 0.15) is 5.75 Å². The number of rotatable bonds is 6. The van der Waals surface area contributed by atoms with Gasteiger partial charge in [0.2, 0.25) is 0 Å². The zero-order valence-electron chi connectivity index (χ0n) is 18.2. The van der Waals surface area contributed by atoms with Gasteiger partial charge in [0.15, 0.2) is 4.80 Å². The van der Waals surface area contributed by atoms with E-state index >= 15 is 0 Å². The van der Waals surface area contributed by atoms with E-state index in [0.29, 0.717) is 27.2 Å². The van der Waals surface area contributed by atoms with Crippen molar-refractivity contribution in [2.75, 3.05) is 13.7 Å². The molecule has 2 aromatic carbocycles. The van der Waals surface area contributed by atoms with E-state index in [1.807, 2.05) is 60.7 Å². The molecule has 164 valence electrons. The highest BCUT2D eigenvalue weighted by molar-refractivity contribution is 7.07. The highest BCUT2D eigenvalue weighted by atomic mass is 32.1. The van der Waals surface area contributed by atoms with Crippen LogP contribution in [-0.2, 0) is 9.53 Å². The fourth-order valence-electron chi connectivity index (χ4n) is 3.71. The minimum atomic E-state index is -0.596. The molecule has 1 aromatic heterocycles. The maximum atomic E-state index is 13.5. The Labute approximate surface area is 189 Å². The van der Waals surface area contributed by atoms with Crippen LogP contribution in [0.15, 0.2) is 75.7 Å². The number of hydrogen-bond donors (Lipinski definition) is 0. The van der Waals surface area contributed by atoms with Crippen molar-refractivity contribution in [1.82, 2.24) is 4.57 Å². The lowest BCUT2D eigenvalue weighted by atomic mass is 9.96. The van der Waals surface area contributed by atoms with Crippen molar-refractivity contribution in [1.29, 1.82) is 0 Å². The number of esters is 1. The van der Waals surface area contributed by atoms with E-state index in [1.54, 1.807) is 11.5 Å². The molecule has 0 spiro atoms. The van der Waals surface area contributed by atoms with Crippen molar-refractivity contribution < 1.29 is 14.3 Å². The molecule has 3 aromatic rings. The molecular formula is C25H24N2O4S. The molecule has 7 heteroatoms. The Kier molecular flexibility index (Phi) is 6.37. The second-order valence-electron chi connectivity index (χ2n) is 7.41. The zero-order chi connectivity index (χ0) is 22.7. The van der Waals surface area contributed by atoms with Gasteiger partial charge in [-0.25, -0.2) is 9.79 Å². The van der Waals surface area contributed by atoms with Crippen LogP contribution in [0.1, 0.15) is 37.4 Å². The number of carbonyl (C=O) groups excluding carboxylic acids is 1. The molecule has 1 atom stereocenters. The third-order valence-electron chi connectivity index (χ3n) is 5.17. The largest absolute Gasteiger partial charge is 0.494 e. The number of methoxy groups -OCH3 is 1. The van der Waals surface area contributed by atoms with Gasteiger partial charge < -0.3 is 9.47 Å².